The number of hydrazine groups is 1. The van der Waals surface area contributed by atoms with E-state index in [0.717, 1.165) is 26.9 Å². The van der Waals surface area contributed by atoms with Gasteiger partial charge in [0.2, 0.25) is 11.8 Å². The van der Waals surface area contributed by atoms with E-state index in [0.29, 0.717) is 30.4 Å². The lowest BCUT2D eigenvalue weighted by Crippen LogP contribution is -2.66. The van der Waals surface area contributed by atoms with E-state index in [1.807, 2.05) is 91.7 Å². The quantitative estimate of drug-likeness (QED) is 0.289. The number of rotatable bonds is 9. The smallest absolute Gasteiger partial charge is 0.332 e. The minimum Gasteiger partial charge on any atom is -0.497 e. The number of nitrogen functional groups attached to an aromatic ring is 1. The van der Waals surface area contributed by atoms with Crippen LogP contribution in [0.15, 0.2) is 72.8 Å². The van der Waals surface area contributed by atoms with Gasteiger partial charge in [0.15, 0.2) is 5.13 Å². The van der Waals surface area contributed by atoms with Gasteiger partial charge in [-0.3, -0.25) is 14.6 Å². The zero-order chi connectivity index (χ0) is 31.7. The van der Waals surface area contributed by atoms with Crippen LogP contribution < -0.4 is 15.8 Å². The molecule has 3 heterocycles. The molecule has 6 rings (SSSR count). The number of aromatic nitrogens is 1. The van der Waals surface area contributed by atoms with E-state index in [1.165, 1.54) is 11.3 Å². The summed E-state index contributed by atoms with van der Waals surface area (Å²) >= 11 is 1.40. The highest BCUT2D eigenvalue weighted by atomic mass is 32.1. The molecular weight excluding hydrogens is 590 g/mol. The number of hydrogen-bond acceptors (Lipinski definition) is 8. The molecule has 2 fully saturated rings. The summed E-state index contributed by atoms with van der Waals surface area (Å²) in [6.07, 6.45) is -0.214. The van der Waals surface area contributed by atoms with Crippen LogP contribution in [0.25, 0.3) is 10.2 Å². The van der Waals surface area contributed by atoms with Crippen molar-refractivity contribution in [3.63, 3.8) is 0 Å². The fraction of sp³-hybridized carbons (Fsp3) is 0.333. The van der Waals surface area contributed by atoms with E-state index in [9.17, 15) is 14.4 Å². The molecule has 0 bridgehead atoms. The second-order valence-electron chi connectivity index (χ2n) is 11.6. The van der Waals surface area contributed by atoms with Crippen LogP contribution in [-0.2, 0) is 29.1 Å². The van der Waals surface area contributed by atoms with Crippen molar-refractivity contribution in [1.29, 1.82) is 0 Å². The molecule has 4 amide bonds. The molecule has 2 saturated heterocycles. The average molecular weight is 628 g/mol. The van der Waals surface area contributed by atoms with Gasteiger partial charge in [-0.15, -0.1) is 0 Å². The van der Waals surface area contributed by atoms with Gasteiger partial charge in [0.05, 0.1) is 30.4 Å². The first-order valence-electron chi connectivity index (χ1n) is 15.0. The Kier molecular flexibility index (Phi) is 8.59. The number of amides is 4. The monoisotopic (exact) mass is 627 g/mol. The minimum atomic E-state index is -0.754. The molecule has 0 unspecified atom stereocenters. The number of piperazine rings is 1. The van der Waals surface area contributed by atoms with Crippen LogP contribution in [0.5, 0.6) is 5.75 Å². The highest BCUT2D eigenvalue weighted by Crippen LogP contribution is 2.33. The van der Waals surface area contributed by atoms with Crippen molar-refractivity contribution < 1.29 is 19.1 Å². The minimum absolute atomic E-state index is 0.0139. The maximum absolute atomic E-state index is 14.2. The average Bonchev–Trinajstić information content (AvgIpc) is 3.57. The van der Waals surface area contributed by atoms with Gasteiger partial charge in [-0.25, -0.2) is 9.78 Å². The second kappa shape index (κ2) is 12.7. The number of thiazole rings is 1. The molecule has 3 N–H and O–H groups in total. The van der Waals surface area contributed by atoms with Crippen molar-refractivity contribution in [3.05, 3.63) is 89.5 Å². The molecule has 4 aromatic rings. The normalized spacial score (nSPS) is 18.5. The summed E-state index contributed by atoms with van der Waals surface area (Å²) < 4.78 is 6.27. The lowest BCUT2D eigenvalue weighted by molar-refractivity contribution is -0.158. The van der Waals surface area contributed by atoms with E-state index in [2.05, 4.69) is 10.3 Å². The van der Waals surface area contributed by atoms with Gasteiger partial charge in [0.25, 0.3) is 0 Å². The summed E-state index contributed by atoms with van der Waals surface area (Å²) in [5.41, 5.74) is 9.55. The maximum Gasteiger partial charge on any atom is 0.332 e. The van der Waals surface area contributed by atoms with Crippen LogP contribution in [0, 0.1) is 0 Å². The number of anilines is 1. The van der Waals surface area contributed by atoms with Crippen molar-refractivity contribution in [2.24, 2.45) is 0 Å². The van der Waals surface area contributed by atoms with E-state index in [1.54, 1.807) is 21.9 Å². The van der Waals surface area contributed by atoms with Crippen LogP contribution in [0.2, 0.25) is 0 Å². The highest BCUT2D eigenvalue weighted by Gasteiger charge is 2.52. The molecule has 0 spiro atoms. The number of fused-ring (bicyclic) bond motifs is 2. The summed E-state index contributed by atoms with van der Waals surface area (Å²) in [4.78, 5) is 49.7. The molecule has 11 nitrogen and oxygen atoms in total. The number of urea groups is 1. The van der Waals surface area contributed by atoms with Gasteiger partial charge >= 0.3 is 6.03 Å². The highest BCUT2D eigenvalue weighted by molar-refractivity contribution is 7.22. The van der Waals surface area contributed by atoms with Gasteiger partial charge in [-0.1, -0.05) is 65.9 Å². The largest absolute Gasteiger partial charge is 0.497 e. The zero-order valence-corrected chi connectivity index (χ0v) is 26.4. The molecule has 12 heteroatoms. The van der Waals surface area contributed by atoms with Crippen molar-refractivity contribution in [2.45, 2.75) is 51.6 Å². The lowest BCUT2D eigenvalue weighted by atomic mass is 9.99. The predicted molar refractivity (Wildman–Crippen MR) is 173 cm³/mol. The summed E-state index contributed by atoms with van der Waals surface area (Å²) in [5.74, 6) is 0.367. The number of hydrogen-bond donors (Lipinski definition) is 2. The molecule has 1 aromatic heterocycles. The molecule has 2 aliphatic heterocycles. The molecule has 3 aromatic carbocycles. The lowest BCUT2D eigenvalue weighted by Gasteiger charge is -2.47. The third-order valence-electron chi connectivity index (χ3n) is 8.30. The number of carbonyl (C=O) groups excluding carboxylic acids is 3. The molecule has 234 valence electrons. The summed E-state index contributed by atoms with van der Waals surface area (Å²) in [6.45, 7) is 4.71. The summed E-state index contributed by atoms with van der Waals surface area (Å²) in [7, 11) is 1.60. The van der Waals surface area contributed by atoms with Crippen molar-refractivity contribution in [2.75, 3.05) is 25.9 Å². The summed E-state index contributed by atoms with van der Waals surface area (Å²) in [5, 5.41) is 6.91. The number of nitrogens with two attached hydrogens (primary N) is 1. The van der Waals surface area contributed by atoms with Crippen LogP contribution in [-0.4, -0.2) is 81.1 Å². The van der Waals surface area contributed by atoms with Gasteiger partial charge < -0.3 is 25.6 Å². The van der Waals surface area contributed by atoms with Crippen molar-refractivity contribution >= 4 is 44.5 Å². The van der Waals surface area contributed by atoms with Gasteiger partial charge in [-0.05, 0) is 48.7 Å². The van der Waals surface area contributed by atoms with Gasteiger partial charge in [-0.2, -0.15) is 5.01 Å². The Morgan fingerprint density at radius 2 is 1.82 bits per heavy atom. The topological polar surface area (TPSA) is 124 Å². The van der Waals surface area contributed by atoms with Crippen LogP contribution in [0.1, 0.15) is 30.5 Å². The zero-order valence-electron chi connectivity index (χ0n) is 25.6. The van der Waals surface area contributed by atoms with Gasteiger partial charge in [0.1, 0.15) is 18.0 Å². The number of carbonyl (C=O) groups is 3. The van der Waals surface area contributed by atoms with E-state index < -0.39 is 12.2 Å². The third-order valence-corrected chi connectivity index (χ3v) is 9.15. The first kappa shape index (κ1) is 30.4. The predicted octanol–water partition coefficient (Wildman–Crippen LogP) is 3.85. The van der Waals surface area contributed by atoms with Crippen molar-refractivity contribution in [1.82, 2.24) is 30.1 Å². The van der Waals surface area contributed by atoms with Gasteiger partial charge in [0, 0.05) is 25.6 Å². The van der Waals surface area contributed by atoms with Crippen LogP contribution in [0.3, 0.4) is 0 Å². The SMILES string of the molecule is COc1ccc(C[C@H]2C(=O)N(Cc3cccc4sc(N)nc34)C[C@H]3N2C(=O)CN3N(C(=O)NCc2ccccc2)C(C)C)cc1. The first-order chi connectivity index (χ1) is 21.7. The Balaban J connectivity index is 1.32. The Morgan fingerprint density at radius 1 is 1.07 bits per heavy atom. The standard InChI is InChI=1S/C33H37N7O4S/c1-21(2)40(33(43)35-17-23-8-5-4-6-9-23)38-20-29(41)39-26(16-22-12-14-25(44-3)15-13-22)31(42)37(19-28(38)39)18-24-10-7-11-27-30(24)36-32(34)45-27/h4-15,21,26,28H,16-20H2,1-3H3,(H2,34,36)(H,35,43)/t26-,28+/m0/s1. The number of para-hydroxylation sites is 1. The third kappa shape index (κ3) is 6.16. The molecule has 0 aliphatic carbocycles. The molecule has 0 radical (unpaired) electrons. The van der Waals surface area contributed by atoms with Crippen LogP contribution in [0.4, 0.5) is 9.93 Å². The molecule has 2 aliphatic rings. The number of methoxy groups -OCH3 is 1. The number of benzene rings is 3. The molecular formula is C33H37N7O4S. The van der Waals surface area contributed by atoms with E-state index in [-0.39, 0.29) is 37.0 Å². The van der Waals surface area contributed by atoms with Crippen LogP contribution >= 0.6 is 11.3 Å². The second-order valence-corrected chi connectivity index (χ2v) is 12.6. The van der Waals surface area contributed by atoms with E-state index in [4.69, 9.17) is 10.5 Å². The first-order valence-corrected chi connectivity index (χ1v) is 15.8. The molecule has 45 heavy (non-hydrogen) atoms. The fourth-order valence-electron chi connectivity index (χ4n) is 6.21. The maximum atomic E-state index is 14.2. The van der Waals surface area contributed by atoms with Crippen molar-refractivity contribution in [3.8, 4) is 5.75 Å². The Morgan fingerprint density at radius 3 is 2.53 bits per heavy atom. The Hall–Kier alpha value is -4.68. The number of nitrogens with one attached hydrogen (secondary N) is 1. The Bertz CT molecular complexity index is 1690. The molecule has 2 atom stereocenters. The number of ether oxygens (including phenoxy) is 1. The fourth-order valence-corrected chi connectivity index (χ4v) is 6.99. The molecule has 0 saturated carbocycles. The van der Waals surface area contributed by atoms with E-state index >= 15 is 0 Å². The summed E-state index contributed by atoms with van der Waals surface area (Å²) in [6, 6.07) is 21.8. The number of nitrogens with zero attached hydrogens (tertiary/aromatic N) is 5. The Labute approximate surface area is 266 Å².